The normalized spacial score (nSPS) is 12.7. The van der Waals surface area contributed by atoms with E-state index in [-0.39, 0.29) is 16.7 Å². The second-order valence-electron chi connectivity index (χ2n) is 6.66. The van der Waals surface area contributed by atoms with E-state index in [1.54, 1.807) is 6.92 Å². The zero-order valence-electron chi connectivity index (χ0n) is 16.1. The van der Waals surface area contributed by atoms with Crippen LogP contribution in [-0.2, 0) is 10.0 Å². The number of aliphatic hydroxyl groups excluding tert-OH is 1. The molecule has 29 heavy (non-hydrogen) atoms. The third-order valence-electron chi connectivity index (χ3n) is 4.21. The Balaban J connectivity index is 1.90. The van der Waals surface area contributed by atoms with Gasteiger partial charge in [0.2, 0.25) is 0 Å². The molecule has 2 aromatic rings. The molecule has 11 heteroatoms. The number of sulfonamides is 1. The van der Waals surface area contributed by atoms with Crippen molar-refractivity contribution in [3.63, 3.8) is 0 Å². The summed E-state index contributed by atoms with van der Waals surface area (Å²) in [6, 6.07) is 2.18. The fraction of sp³-hybridized carbons (Fsp3) is 0.500. The predicted octanol–water partition coefficient (Wildman–Crippen LogP) is 3.73. The van der Waals surface area contributed by atoms with Crippen LogP contribution in [0.3, 0.4) is 0 Å². The molecule has 0 aliphatic rings. The van der Waals surface area contributed by atoms with Gasteiger partial charge in [0.1, 0.15) is 10.7 Å². The summed E-state index contributed by atoms with van der Waals surface area (Å²) >= 11 is 7.31. The SMILES string of the molecule is Cc1cnc(NS(=O)(=O)c2cc(Cl)c(NCCCCCC[C@H](O)CN)cc2F)s1. The number of aryl methyl sites for hydroxylation is 1. The largest absolute Gasteiger partial charge is 0.392 e. The maximum Gasteiger partial charge on any atom is 0.266 e. The van der Waals surface area contributed by atoms with Gasteiger partial charge in [0.15, 0.2) is 5.13 Å². The van der Waals surface area contributed by atoms with Crippen molar-refractivity contribution in [1.29, 1.82) is 0 Å². The summed E-state index contributed by atoms with van der Waals surface area (Å²) in [4.78, 5) is 4.22. The minimum Gasteiger partial charge on any atom is -0.392 e. The molecule has 1 atom stereocenters. The lowest BCUT2D eigenvalue weighted by Crippen LogP contribution is -2.19. The van der Waals surface area contributed by atoms with Gasteiger partial charge in [0, 0.05) is 24.2 Å². The highest BCUT2D eigenvalue weighted by Crippen LogP contribution is 2.30. The van der Waals surface area contributed by atoms with Gasteiger partial charge < -0.3 is 16.2 Å². The van der Waals surface area contributed by atoms with Crippen LogP contribution >= 0.6 is 22.9 Å². The van der Waals surface area contributed by atoms with E-state index in [9.17, 15) is 17.9 Å². The van der Waals surface area contributed by atoms with Crippen molar-refractivity contribution >= 4 is 43.8 Å². The second kappa shape index (κ2) is 11.1. The molecule has 0 spiro atoms. The highest BCUT2D eigenvalue weighted by molar-refractivity contribution is 7.93. The molecular formula is C18H26ClFN4O3S2. The standard InChI is InChI=1S/C18H26ClFN4O3S2/c1-12-11-23-18(28-12)24-29(26,27)17-8-14(19)16(9-15(17)20)22-7-5-3-2-4-6-13(25)10-21/h8-9,11,13,22,25H,2-7,10,21H2,1H3,(H,23,24)/t13-/m0/s1. The van der Waals surface area contributed by atoms with Crippen LogP contribution in [0.25, 0.3) is 0 Å². The van der Waals surface area contributed by atoms with Gasteiger partial charge in [0.05, 0.1) is 16.8 Å². The van der Waals surface area contributed by atoms with E-state index in [1.807, 2.05) is 0 Å². The predicted molar refractivity (Wildman–Crippen MR) is 116 cm³/mol. The average molecular weight is 465 g/mol. The number of nitrogens with zero attached hydrogens (tertiary/aromatic N) is 1. The molecule has 0 aliphatic carbocycles. The molecule has 7 nitrogen and oxygen atoms in total. The van der Waals surface area contributed by atoms with E-state index in [0.717, 1.165) is 54.0 Å². The summed E-state index contributed by atoms with van der Waals surface area (Å²) in [6.45, 7) is 2.63. The maximum absolute atomic E-state index is 14.4. The van der Waals surface area contributed by atoms with Gasteiger partial charge in [-0.15, -0.1) is 11.3 Å². The number of nitrogens with two attached hydrogens (primary N) is 1. The summed E-state index contributed by atoms with van der Waals surface area (Å²) in [5.41, 5.74) is 5.69. The van der Waals surface area contributed by atoms with E-state index >= 15 is 0 Å². The Labute approximate surface area is 179 Å². The van der Waals surface area contributed by atoms with Crippen LogP contribution in [0.4, 0.5) is 15.2 Å². The number of benzene rings is 1. The minimum atomic E-state index is -4.13. The molecule has 2 rings (SSSR count). The molecule has 0 saturated carbocycles. The number of hydrogen-bond acceptors (Lipinski definition) is 7. The topological polar surface area (TPSA) is 117 Å². The van der Waals surface area contributed by atoms with Gasteiger partial charge in [-0.25, -0.2) is 17.8 Å². The Bertz CT molecular complexity index is 909. The highest BCUT2D eigenvalue weighted by Gasteiger charge is 2.22. The molecule has 1 aromatic carbocycles. The Morgan fingerprint density at radius 2 is 2.03 bits per heavy atom. The number of unbranched alkanes of at least 4 members (excludes halogenated alkanes) is 3. The van der Waals surface area contributed by atoms with Crippen LogP contribution in [0.15, 0.2) is 23.2 Å². The molecule has 1 aromatic heterocycles. The maximum atomic E-state index is 14.4. The zero-order chi connectivity index (χ0) is 21.4. The first-order valence-corrected chi connectivity index (χ1v) is 12.0. The van der Waals surface area contributed by atoms with Crippen molar-refractivity contribution in [2.45, 2.75) is 50.0 Å². The zero-order valence-corrected chi connectivity index (χ0v) is 18.5. The average Bonchev–Trinajstić information content (AvgIpc) is 3.06. The minimum absolute atomic E-state index is 0.119. The van der Waals surface area contributed by atoms with E-state index < -0.39 is 26.8 Å². The van der Waals surface area contributed by atoms with Gasteiger partial charge in [-0.2, -0.15) is 0 Å². The lowest BCUT2D eigenvalue weighted by atomic mass is 10.1. The van der Waals surface area contributed by atoms with Crippen molar-refractivity contribution in [3.8, 4) is 0 Å². The Morgan fingerprint density at radius 1 is 1.31 bits per heavy atom. The van der Waals surface area contributed by atoms with Crippen molar-refractivity contribution in [2.75, 3.05) is 23.1 Å². The molecule has 0 amide bonds. The van der Waals surface area contributed by atoms with Crippen molar-refractivity contribution < 1.29 is 17.9 Å². The third-order valence-corrected chi connectivity index (χ3v) is 6.83. The molecule has 0 unspecified atom stereocenters. The molecule has 5 N–H and O–H groups in total. The number of thiazole rings is 1. The van der Waals surface area contributed by atoms with E-state index in [4.69, 9.17) is 17.3 Å². The lowest BCUT2D eigenvalue weighted by molar-refractivity contribution is 0.169. The highest BCUT2D eigenvalue weighted by atomic mass is 35.5. The van der Waals surface area contributed by atoms with Gasteiger partial charge in [-0.3, -0.25) is 4.72 Å². The summed E-state index contributed by atoms with van der Waals surface area (Å²) < 4.78 is 41.6. The van der Waals surface area contributed by atoms with E-state index in [1.165, 1.54) is 6.20 Å². The van der Waals surface area contributed by atoms with Crippen LogP contribution in [0.1, 0.15) is 37.0 Å². The number of halogens is 2. The molecule has 1 heterocycles. The summed E-state index contributed by atoms with van der Waals surface area (Å²) in [7, 11) is -4.13. The molecule has 162 valence electrons. The summed E-state index contributed by atoms with van der Waals surface area (Å²) in [5.74, 6) is -0.895. The van der Waals surface area contributed by atoms with Gasteiger partial charge in [-0.1, -0.05) is 30.9 Å². The second-order valence-corrected chi connectivity index (χ2v) is 9.96. The Kier molecular flexibility index (Phi) is 9.09. The fourth-order valence-corrected chi connectivity index (χ4v) is 4.93. The molecule has 0 saturated heterocycles. The van der Waals surface area contributed by atoms with Crippen molar-refractivity contribution in [3.05, 3.63) is 34.0 Å². The van der Waals surface area contributed by atoms with Crippen LogP contribution in [-0.4, -0.2) is 37.7 Å². The lowest BCUT2D eigenvalue weighted by Gasteiger charge is -2.12. The smallest absolute Gasteiger partial charge is 0.266 e. The number of rotatable bonds is 12. The van der Waals surface area contributed by atoms with Crippen LogP contribution in [0, 0.1) is 12.7 Å². The van der Waals surface area contributed by atoms with E-state index in [2.05, 4.69) is 15.0 Å². The van der Waals surface area contributed by atoms with E-state index in [0.29, 0.717) is 18.7 Å². The quantitative estimate of drug-likeness (QED) is 0.355. The first-order chi connectivity index (χ1) is 13.7. The molecule has 0 radical (unpaired) electrons. The molecule has 0 aliphatic heterocycles. The Hall–Kier alpha value is -1.46. The van der Waals surface area contributed by atoms with Crippen molar-refractivity contribution in [1.82, 2.24) is 4.98 Å². The van der Waals surface area contributed by atoms with Gasteiger partial charge in [0.25, 0.3) is 10.0 Å². The van der Waals surface area contributed by atoms with Gasteiger partial charge in [-0.05, 0) is 31.9 Å². The monoisotopic (exact) mass is 464 g/mol. The third kappa shape index (κ3) is 7.38. The number of aromatic nitrogens is 1. The first kappa shape index (κ1) is 23.8. The molecule has 0 bridgehead atoms. The number of aliphatic hydroxyl groups is 1. The summed E-state index contributed by atoms with van der Waals surface area (Å²) in [6.07, 6.45) is 5.39. The number of anilines is 2. The fourth-order valence-electron chi connectivity index (χ4n) is 2.64. The van der Waals surface area contributed by atoms with Crippen LogP contribution < -0.4 is 15.8 Å². The van der Waals surface area contributed by atoms with Crippen LogP contribution in [0.2, 0.25) is 5.02 Å². The first-order valence-electron chi connectivity index (χ1n) is 9.29. The molecular weight excluding hydrogens is 439 g/mol. The van der Waals surface area contributed by atoms with Crippen molar-refractivity contribution in [2.24, 2.45) is 5.73 Å². The molecule has 0 fully saturated rings. The Morgan fingerprint density at radius 3 is 2.69 bits per heavy atom. The van der Waals surface area contributed by atoms with Gasteiger partial charge >= 0.3 is 0 Å². The van der Waals surface area contributed by atoms with Crippen LogP contribution in [0.5, 0.6) is 0 Å². The number of nitrogens with one attached hydrogen (secondary N) is 2. The number of hydrogen-bond donors (Lipinski definition) is 4. The summed E-state index contributed by atoms with van der Waals surface area (Å²) in [5, 5.41) is 12.7.